The second kappa shape index (κ2) is 9.26. The van der Waals surface area contributed by atoms with Gasteiger partial charge in [-0.1, -0.05) is 23.7 Å². The van der Waals surface area contributed by atoms with Crippen LogP contribution >= 0.6 is 11.6 Å². The second-order valence-electron chi connectivity index (χ2n) is 6.04. The Morgan fingerprint density at radius 1 is 1.37 bits per heavy atom. The van der Waals surface area contributed by atoms with E-state index in [9.17, 15) is 10.1 Å². The molecular formula is C20H19ClN2O4. The highest BCUT2D eigenvalue weighted by Gasteiger charge is 2.18. The minimum atomic E-state index is -0.446. The van der Waals surface area contributed by atoms with Crippen molar-refractivity contribution in [2.45, 2.75) is 25.6 Å². The van der Waals surface area contributed by atoms with Crippen LogP contribution in [0.25, 0.3) is 6.08 Å². The molecule has 0 radical (unpaired) electrons. The summed E-state index contributed by atoms with van der Waals surface area (Å²) in [6.07, 6.45) is 3.33. The Kier molecular flexibility index (Phi) is 6.53. The zero-order valence-corrected chi connectivity index (χ0v) is 15.4. The van der Waals surface area contributed by atoms with Crippen LogP contribution in [-0.2, 0) is 16.1 Å². The first kappa shape index (κ1) is 19.0. The van der Waals surface area contributed by atoms with Crippen molar-refractivity contribution in [1.29, 1.82) is 5.26 Å². The van der Waals surface area contributed by atoms with E-state index in [-0.39, 0.29) is 18.3 Å². The van der Waals surface area contributed by atoms with Crippen LogP contribution in [-0.4, -0.2) is 25.2 Å². The standard InChI is InChI=1S/C20H19ClN2O4/c21-18-5-1-2-6-19(18)26-13-17-8-7-15(27-17)10-14(11-22)20(24)23-12-16-4-3-9-25-16/h1-2,5-8,10,16H,3-4,9,12-13H2,(H,23,24). The third kappa shape index (κ3) is 5.36. The smallest absolute Gasteiger partial charge is 0.262 e. The Balaban J connectivity index is 1.57. The SMILES string of the molecule is N#CC(=Cc1ccc(COc2ccccc2Cl)o1)C(=O)NCC1CCCO1. The Morgan fingerprint density at radius 2 is 2.22 bits per heavy atom. The van der Waals surface area contributed by atoms with Gasteiger partial charge in [-0.25, -0.2) is 0 Å². The normalized spacial score (nSPS) is 16.7. The average molecular weight is 387 g/mol. The molecule has 1 aromatic carbocycles. The van der Waals surface area contributed by atoms with Crippen molar-refractivity contribution < 1.29 is 18.7 Å². The fourth-order valence-electron chi connectivity index (χ4n) is 2.66. The van der Waals surface area contributed by atoms with Crippen molar-refractivity contribution in [3.63, 3.8) is 0 Å². The topological polar surface area (TPSA) is 84.5 Å². The van der Waals surface area contributed by atoms with E-state index >= 15 is 0 Å². The van der Waals surface area contributed by atoms with Crippen LogP contribution in [0.4, 0.5) is 0 Å². The minimum absolute atomic E-state index is 0.0195. The Bertz CT molecular complexity index is 863. The van der Waals surface area contributed by atoms with Crippen molar-refractivity contribution in [2.75, 3.05) is 13.2 Å². The molecule has 0 bridgehead atoms. The predicted octanol–water partition coefficient (Wildman–Crippen LogP) is 3.71. The lowest BCUT2D eigenvalue weighted by molar-refractivity contribution is -0.117. The molecule has 1 saturated heterocycles. The van der Waals surface area contributed by atoms with Crippen LogP contribution in [0.2, 0.25) is 5.02 Å². The summed E-state index contributed by atoms with van der Waals surface area (Å²) in [6.45, 7) is 1.30. The molecule has 6 nitrogen and oxygen atoms in total. The maximum absolute atomic E-state index is 12.2. The average Bonchev–Trinajstić information content (AvgIpc) is 3.35. The molecule has 0 aliphatic carbocycles. The van der Waals surface area contributed by atoms with E-state index in [2.05, 4.69) is 5.32 Å². The number of carbonyl (C=O) groups is 1. The van der Waals surface area contributed by atoms with Gasteiger partial charge >= 0.3 is 0 Å². The quantitative estimate of drug-likeness (QED) is 0.579. The maximum atomic E-state index is 12.2. The fourth-order valence-corrected chi connectivity index (χ4v) is 2.85. The molecule has 0 saturated carbocycles. The van der Waals surface area contributed by atoms with E-state index in [1.54, 1.807) is 24.3 Å². The summed E-state index contributed by atoms with van der Waals surface area (Å²) in [5, 5.41) is 12.5. The predicted molar refractivity (Wildman–Crippen MR) is 100 cm³/mol. The van der Waals surface area contributed by atoms with Gasteiger partial charge in [0.2, 0.25) is 0 Å². The number of nitrogens with zero attached hydrogens (tertiary/aromatic N) is 1. The van der Waals surface area contributed by atoms with Gasteiger partial charge in [0.15, 0.2) is 0 Å². The lowest BCUT2D eigenvalue weighted by atomic mass is 10.2. The van der Waals surface area contributed by atoms with E-state index in [1.165, 1.54) is 6.08 Å². The Hall–Kier alpha value is -2.75. The molecule has 0 spiro atoms. The third-order valence-electron chi connectivity index (χ3n) is 4.05. The third-order valence-corrected chi connectivity index (χ3v) is 4.37. The van der Waals surface area contributed by atoms with Gasteiger partial charge in [-0.2, -0.15) is 5.26 Å². The molecule has 3 rings (SSSR count). The number of amides is 1. The van der Waals surface area contributed by atoms with Gasteiger partial charge in [-0.3, -0.25) is 4.79 Å². The van der Waals surface area contributed by atoms with Crippen LogP contribution in [0, 0.1) is 11.3 Å². The molecule has 1 atom stereocenters. The number of halogens is 1. The van der Waals surface area contributed by atoms with Crippen LogP contribution in [0.5, 0.6) is 5.75 Å². The number of para-hydroxylation sites is 1. The molecule has 140 valence electrons. The zero-order valence-electron chi connectivity index (χ0n) is 14.6. The molecule has 1 aliphatic heterocycles. The number of benzene rings is 1. The summed E-state index contributed by atoms with van der Waals surface area (Å²) in [5.74, 6) is 1.06. The molecular weight excluding hydrogens is 368 g/mol. The van der Waals surface area contributed by atoms with E-state index in [0.717, 1.165) is 12.8 Å². The fraction of sp³-hybridized carbons (Fsp3) is 0.300. The monoisotopic (exact) mass is 386 g/mol. The highest BCUT2D eigenvalue weighted by molar-refractivity contribution is 6.32. The van der Waals surface area contributed by atoms with E-state index < -0.39 is 5.91 Å². The van der Waals surface area contributed by atoms with Crippen LogP contribution in [0.1, 0.15) is 24.4 Å². The zero-order chi connectivity index (χ0) is 19.1. The molecule has 1 unspecified atom stereocenters. The number of hydrogen-bond acceptors (Lipinski definition) is 5. The van der Waals surface area contributed by atoms with Gasteiger partial charge in [-0.15, -0.1) is 0 Å². The number of rotatable bonds is 7. The first-order valence-electron chi connectivity index (χ1n) is 8.63. The molecule has 1 N–H and O–H groups in total. The number of nitrogens with one attached hydrogen (secondary N) is 1. The van der Waals surface area contributed by atoms with Gasteiger partial charge in [-0.05, 0) is 37.1 Å². The van der Waals surface area contributed by atoms with E-state index in [1.807, 2.05) is 18.2 Å². The van der Waals surface area contributed by atoms with Gasteiger partial charge in [0, 0.05) is 19.2 Å². The van der Waals surface area contributed by atoms with Crippen molar-refractivity contribution in [3.8, 4) is 11.8 Å². The molecule has 7 heteroatoms. The van der Waals surface area contributed by atoms with Gasteiger partial charge < -0.3 is 19.2 Å². The summed E-state index contributed by atoms with van der Waals surface area (Å²) in [7, 11) is 0. The Morgan fingerprint density at radius 3 is 2.96 bits per heavy atom. The van der Waals surface area contributed by atoms with Gasteiger partial charge in [0.1, 0.15) is 35.5 Å². The number of carbonyl (C=O) groups excluding carboxylic acids is 1. The highest BCUT2D eigenvalue weighted by atomic mass is 35.5. The second-order valence-corrected chi connectivity index (χ2v) is 6.45. The highest BCUT2D eigenvalue weighted by Crippen LogP contribution is 2.24. The Labute approximate surface area is 162 Å². The lowest BCUT2D eigenvalue weighted by Crippen LogP contribution is -2.32. The summed E-state index contributed by atoms with van der Waals surface area (Å²) in [6, 6.07) is 12.4. The molecule has 2 aromatic rings. The number of furan rings is 1. The number of hydrogen-bond donors (Lipinski definition) is 1. The number of nitriles is 1. The molecule has 1 fully saturated rings. The van der Waals surface area contributed by atoms with Crippen LogP contribution in [0.15, 0.2) is 46.4 Å². The summed E-state index contributed by atoms with van der Waals surface area (Å²) >= 11 is 6.04. The molecule has 1 aromatic heterocycles. The van der Waals surface area contributed by atoms with Crippen molar-refractivity contribution in [2.24, 2.45) is 0 Å². The first-order valence-corrected chi connectivity index (χ1v) is 9.01. The minimum Gasteiger partial charge on any atom is -0.484 e. The van der Waals surface area contributed by atoms with Crippen molar-refractivity contribution in [3.05, 3.63) is 58.5 Å². The molecule has 1 aliphatic rings. The first-order chi connectivity index (χ1) is 13.2. The maximum Gasteiger partial charge on any atom is 0.262 e. The summed E-state index contributed by atoms with van der Waals surface area (Å²) in [4.78, 5) is 12.2. The van der Waals surface area contributed by atoms with E-state index in [4.69, 9.17) is 25.5 Å². The summed E-state index contributed by atoms with van der Waals surface area (Å²) < 4.78 is 16.7. The number of ether oxygens (including phenoxy) is 2. The van der Waals surface area contributed by atoms with Crippen LogP contribution in [0.3, 0.4) is 0 Å². The largest absolute Gasteiger partial charge is 0.484 e. The van der Waals surface area contributed by atoms with E-state index in [0.29, 0.717) is 35.4 Å². The molecule has 2 heterocycles. The lowest BCUT2D eigenvalue weighted by Gasteiger charge is -2.09. The van der Waals surface area contributed by atoms with Gasteiger partial charge in [0.25, 0.3) is 5.91 Å². The van der Waals surface area contributed by atoms with Crippen LogP contribution < -0.4 is 10.1 Å². The van der Waals surface area contributed by atoms with Crippen molar-refractivity contribution in [1.82, 2.24) is 5.32 Å². The summed E-state index contributed by atoms with van der Waals surface area (Å²) in [5.41, 5.74) is -0.0269. The van der Waals surface area contributed by atoms with Gasteiger partial charge in [0.05, 0.1) is 11.1 Å². The molecule has 1 amide bonds. The van der Waals surface area contributed by atoms with Crippen molar-refractivity contribution >= 4 is 23.6 Å². The molecule has 27 heavy (non-hydrogen) atoms.